The second-order valence-corrected chi connectivity index (χ2v) is 7.43. The molecule has 0 unspecified atom stereocenters. The summed E-state index contributed by atoms with van der Waals surface area (Å²) in [4.78, 5) is 35.5. The Hall–Kier alpha value is -2.38. The van der Waals surface area contributed by atoms with Gasteiger partial charge in [-0.05, 0) is 55.3 Å². The monoisotopic (exact) mass is 466 g/mol. The van der Waals surface area contributed by atoms with E-state index in [2.05, 4.69) is 26.6 Å². The van der Waals surface area contributed by atoms with Crippen LogP contribution in [0.15, 0.2) is 46.9 Å². The van der Waals surface area contributed by atoms with E-state index >= 15 is 0 Å². The molecule has 2 aromatic carbocycles. The van der Waals surface area contributed by atoms with Crippen LogP contribution in [0.4, 0.5) is 11.4 Å². The summed E-state index contributed by atoms with van der Waals surface area (Å²) in [6, 6.07) is 12.3. The molecule has 0 atom stereocenters. The zero-order chi connectivity index (χ0) is 20.5. The van der Waals surface area contributed by atoms with Gasteiger partial charge in [0.15, 0.2) is 6.61 Å². The highest BCUT2D eigenvalue weighted by Gasteiger charge is 2.11. The highest BCUT2D eigenvalue weighted by Crippen LogP contribution is 2.20. The number of benzene rings is 2. The van der Waals surface area contributed by atoms with Gasteiger partial charge >= 0.3 is 5.97 Å². The molecule has 6 nitrogen and oxygen atoms in total. The highest BCUT2D eigenvalue weighted by atomic mass is 79.9. The number of hydrogen-bond acceptors (Lipinski definition) is 4. The van der Waals surface area contributed by atoms with Gasteiger partial charge in [-0.3, -0.25) is 14.4 Å². The van der Waals surface area contributed by atoms with Gasteiger partial charge < -0.3 is 15.4 Å². The number of nitrogens with one attached hydrogen (secondary N) is 2. The van der Waals surface area contributed by atoms with Crippen LogP contribution in [-0.4, -0.2) is 24.4 Å². The molecule has 0 aromatic heterocycles. The zero-order valence-electron chi connectivity index (χ0n) is 15.3. The quantitative estimate of drug-likeness (QED) is 0.551. The molecule has 0 heterocycles. The topological polar surface area (TPSA) is 84.5 Å². The molecule has 0 bridgehead atoms. The molecule has 2 rings (SSSR count). The molecular weight excluding hydrogens is 448 g/mol. The Labute approximate surface area is 176 Å². The minimum Gasteiger partial charge on any atom is -0.456 e. The third kappa shape index (κ3) is 7.70. The lowest BCUT2D eigenvalue weighted by Gasteiger charge is -2.09. The first-order valence-electron chi connectivity index (χ1n) is 8.60. The number of aryl methyl sites for hydroxylation is 1. The number of ether oxygens (including phenoxy) is 1. The molecule has 0 spiro atoms. The van der Waals surface area contributed by atoms with Gasteiger partial charge in [-0.1, -0.05) is 33.6 Å². The van der Waals surface area contributed by atoms with Crippen molar-refractivity contribution in [2.75, 3.05) is 17.2 Å². The van der Waals surface area contributed by atoms with Gasteiger partial charge in [0.05, 0.1) is 0 Å². The Balaban J connectivity index is 1.65. The lowest BCUT2D eigenvalue weighted by atomic mass is 10.2. The minimum atomic E-state index is -0.533. The van der Waals surface area contributed by atoms with Gasteiger partial charge in [0.1, 0.15) is 0 Å². The Morgan fingerprint density at radius 3 is 2.43 bits per heavy atom. The van der Waals surface area contributed by atoms with Gasteiger partial charge in [0, 0.05) is 33.7 Å². The Morgan fingerprint density at radius 2 is 1.71 bits per heavy atom. The lowest BCUT2D eigenvalue weighted by Crippen LogP contribution is -2.21. The molecule has 0 aliphatic carbocycles. The molecule has 0 aliphatic rings. The Kier molecular flexibility index (Phi) is 8.47. The van der Waals surface area contributed by atoms with Crippen LogP contribution in [-0.2, 0) is 19.1 Å². The van der Waals surface area contributed by atoms with E-state index < -0.39 is 18.5 Å². The average molecular weight is 468 g/mol. The van der Waals surface area contributed by atoms with E-state index in [0.29, 0.717) is 22.8 Å². The standard InChI is InChI=1S/C20H20BrClN2O4/c1-13-5-8-15(22)11-17(13)24-19(26)12-28-20(27)4-2-3-18(25)23-16-9-6-14(21)7-10-16/h5-11H,2-4,12H2,1H3,(H,23,25)(H,24,26). The number of esters is 1. The highest BCUT2D eigenvalue weighted by molar-refractivity contribution is 9.10. The van der Waals surface area contributed by atoms with E-state index in [4.69, 9.17) is 16.3 Å². The van der Waals surface area contributed by atoms with Crippen LogP contribution in [0.5, 0.6) is 0 Å². The second-order valence-electron chi connectivity index (χ2n) is 6.08. The average Bonchev–Trinajstić information content (AvgIpc) is 2.65. The predicted molar refractivity (Wildman–Crippen MR) is 112 cm³/mol. The molecule has 8 heteroatoms. The number of carbonyl (C=O) groups excluding carboxylic acids is 3. The van der Waals surface area contributed by atoms with E-state index in [1.807, 2.05) is 19.1 Å². The van der Waals surface area contributed by atoms with Crippen LogP contribution in [0.3, 0.4) is 0 Å². The summed E-state index contributed by atoms with van der Waals surface area (Å²) in [7, 11) is 0. The van der Waals surface area contributed by atoms with Crippen LogP contribution in [0.1, 0.15) is 24.8 Å². The molecule has 2 N–H and O–H groups in total. The van der Waals surface area contributed by atoms with Gasteiger partial charge in [0.2, 0.25) is 5.91 Å². The SMILES string of the molecule is Cc1ccc(Cl)cc1NC(=O)COC(=O)CCCC(=O)Nc1ccc(Br)cc1. The fourth-order valence-electron chi connectivity index (χ4n) is 2.28. The maximum absolute atomic E-state index is 11.9. The Morgan fingerprint density at radius 1 is 1.00 bits per heavy atom. The van der Waals surface area contributed by atoms with Gasteiger partial charge in [-0.2, -0.15) is 0 Å². The van der Waals surface area contributed by atoms with Crippen molar-refractivity contribution in [2.24, 2.45) is 0 Å². The molecule has 0 fully saturated rings. The summed E-state index contributed by atoms with van der Waals surface area (Å²) >= 11 is 9.22. The number of carbonyl (C=O) groups is 3. The zero-order valence-corrected chi connectivity index (χ0v) is 17.6. The number of hydrogen-bond donors (Lipinski definition) is 2. The summed E-state index contributed by atoms with van der Waals surface area (Å²) in [6.07, 6.45) is 0.562. The van der Waals surface area contributed by atoms with Crippen molar-refractivity contribution in [1.29, 1.82) is 0 Å². The van der Waals surface area contributed by atoms with Crippen molar-refractivity contribution >= 4 is 56.7 Å². The lowest BCUT2D eigenvalue weighted by molar-refractivity contribution is -0.147. The molecule has 2 amide bonds. The number of rotatable bonds is 8. The van der Waals surface area contributed by atoms with Crippen LogP contribution in [0.25, 0.3) is 0 Å². The van der Waals surface area contributed by atoms with Gasteiger partial charge in [-0.25, -0.2) is 0 Å². The normalized spacial score (nSPS) is 10.2. The van der Waals surface area contributed by atoms with Crippen molar-refractivity contribution in [3.8, 4) is 0 Å². The van der Waals surface area contributed by atoms with Gasteiger partial charge in [0.25, 0.3) is 5.91 Å². The Bertz CT molecular complexity index is 856. The maximum Gasteiger partial charge on any atom is 0.306 e. The number of anilines is 2. The largest absolute Gasteiger partial charge is 0.456 e. The molecule has 0 aliphatic heterocycles. The van der Waals surface area contributed by atoms with Crippen LogP contribution in [0.2, 0.25) is 5.02 Å². The third-order valence-corrected chi connectivity index (χ3v) is 4.51. The molecule has 0 saturated heterocycles. The van der Waals surface area contributed by atoms with E-state index in [1.54, 1.807) is 30.3 Å². The summed E-state index contributed by atoms with van der Waals surface area (Å²) in [5, 5.41) is 5.89. The molecule has 28 heavy (non-hydrogen) atoms. The third-order valence-electron chi connectivity index (χ3n) is 3.75. The smallest absolute Gasteiger partial charge is 0.306 e. The van der Waals surface area contributed by atoms with E-state index in [9.17, 15) is 14.4 Å². The molecular formula is C20H20BrClN2O4. The fourth-order valence-corrected chi connectivity index (χ4v) is 2.72. The summed E-state index contributed by atoms with van der Waals surface area (Å²) in [5.74, 6) is -1.18. The summed E-state index contributed by atoms with van der Waals surface area (Å²) in [6.45, 7) is 1.44. The fraction of sp³-hybridized carbons (Fsp3) is 0.250. The van der Waals surface area contributed by atoms with Crippen LogP contribution < -0.4 is 10.6 Å². The van der Waals surface area contributed by atoms with Gasteiger partial charge in [-0.15, -0.1) is 0 Å². The van der Waals surface area contributed by atoms with Crippen molar-refractivity contribution in [1.82, 2.24) is 0 Å². The van der Waals surface area contributed by atoms with Crippen molar-refractivity contribution in [3.63, 3.8) is 0 Å². The molecule has 2 aromatic rings. The molecule has 0 radical (unpaired) electrons. The number of amides is 2. The first-order chi connectivity index (χ1) is 13.3. The van der Waals surface area contributed by atoms with E-state index in [0.717, 1.165) is 10.0 Å². The van der Waals surface area contributed by atoms with Crippen molar-refractivity contribution in [2.45, 2.75) is 26.2 Å². The van der Waals surface area contributed by atoms with Crippen molar-refractivity contribution < 1.29 is 19.1 Å². The van der Waals surface area contributed by atoms with Crippen molar-refractivity contribution in [3.05, 3.63) is 57.5 Å². The second kappa shape index (κ2) is 10.8. The maximum atomic E-state index is 11.9. The van der Waals surface area contributed by atoms with E-state index in [-0.39, 0.29) is 18.7 Å². The molecule has 0 saturated carbocycles. The number of halogens is 2. The summed E-state index contributed by atoms with van der Waals surface area (Å²) in [5.41, 5.74) is 2.10. The van der Waals surface area contributed by atoms with E-state index in [1.165, 1.54) is 0 Å². The first kappa shape index (κ1) is 21.9. The van der Waals surface area contributed by atoms with Crippen LogP contribution >= 0.6 is 27.5 Å². The summed E-state index contributed by atoms with van der Waals surface area (Å²) < 4.78 is 5.86. The minimum absolute atomic E-state index is 0.0528. The molecule has 148 valence electrons. The first-order valence-corrected chi connectivity index (χ1v) is 9.77. The van der Waals surface area contributed by atoms with Crippen LogP contribution in [0, 0.1) is 6.92 Å². The predicted octanol–water partition coefficient (Wildman–Crippen LogP) is 4.70.